The van der Waals surface area contributed by atoms with E-state index in [0.29, 0.717) is 6.54 Å². The molecule has 0 saturated heterocycles. The van der Waals surface area contributed by atoms with E-state index in [0.717, 1.165) is 129 Å². The quantitative estimate of drug-likeness (QED) is 0.0899. The van der Waals surface area contributed by atoms with Crippen molar-refractivity contribution < 1.29 is 0 Å². The molecule has 3 aromatic heterocycles. The Balaban J connectivity index is 0.930. The highest BCUT2D eigenvalue weighted by atomic mass is 15.2. The van der Waals surface area contributed by atoms with E-state index in [9.17, 15) is 0 Å². The molecule has 0 N–H and O–H groups in total. The second kappa shape index (κ2) is 28.3. The van der Waals surface area contributed by atoms with E-state index in [4.69, 9.17) is 0 Å². The minimum absolute atomic E-state index is 0.0603. The monoisotopic (exact) mass is 1460 g/mol. The predicted molar refractivity (Wildman–Crippen MR) is 486 cm³/mol. The van der Waals surface area contributed by atoms with Gasteiger partial charge >= 0.3 is 0 Å². The zero-order chi connectivity index (χ0) is 75.9. The molecule has 0 fully saturated rings. The predicted octanol–water partition coefficient (Wildman–Crippen LogP) is 27.9. The van der Waals surface area contributed by atoms with Crippen LogP contribution in [0.5, 0.6) is 0 Å². The van der Waals surface area contributed by atoms with Crippen LogP contribution in [0.2, 0.25) is 5.82 Å². The van der Waals surface area contributed by atoms with Crippen LogP contribution in [0.1, 0.15) is 26.8 Å². The van der Waals surface area contributed by atoms with Gasteiger partial charge in [0.1, 0.15) is 0 Å². The molecule has 0 spiro atoms. The minimum atomic E-state index is -0.253. The van der Waals surface area contributed by atoms with Crippen LogP contribution in [-0.4, -0.2) is 27.0 Å². The molecular formula is C108H80BN5. The number of rotatable bonds is 16. The highest BCUT2D eigenvalue weighted by Crippen LogP contribution is 2.55. The normalized spacial score (nSPS) is 12.6. The zero-order valence-electron chi connectivity index (χ0n) is 63.9. The summed E-state index contributed by atoms with van der Waals surface area (Å²) in [4.78, 5) is 5.48. The lowest BCUT2D eigenvalue weighted by Gasteiger charge is -2.44. The molecule has 0 aliphatic carbocycles. The van der Waals surface area contributed by atoms with Crippen molar-refractivity contribution in [3.8, 4) is 89.3 Å². The van der Waals surface area contributed by atoms with Gasteiger partial charge in [-0.15, -0.1) is 0 Å². The molecule has 5 nitrogen and oxygen atoms in total. The molecule has 17 aromatic carbocycles. The molecule has 2 atom stereocenters. The first-order chi connectivity index (χ1) is 56.4. The summed E-state index contributed by atoms with van der Waals surface area (Å²) < 4.78 is 7.66. The van der Waals surface area contributed by atoms with Gasteiger partial charge in [0, 0.05) is 101 Å². The van der Waals surface area contributed by atoms with E-state index < -0.39 is 0 Å². The maximum Gasteiger partial charge on any atom is 0.222 e. The third kappa shape index (κ3) is 11.3. The Kier molecular flexibility index (Phi) is 16.8. The zero-order valence-corrected chi connectivity index (χ0v) is 63.9. The van der Waals surface area contributed by atoms with Gasteiger partial charge in [-0.2, -0.15) is 0 Å². The Morgan fingerprint density at radius 3 is 1.03 bits per heavy atom. The summed E-state index contributed by atoms with van der Waals surface area (Å²) in [6, 6.07) is 152. The van der Waals surface area contributed by atoms with Gasteiger partial charge in [0.15, 0.2) is 0 Å². The van der Waals surface area contributed by atoms with Crippen molar-refractivity contribution in [2.75, 3.05) is 16.3 Å². The van der Waals surface area contributed by atoms with Crippen LogP contribution in [-0.2, 0) is 0 Å². The molecule has 1 aliphatic heterocycles. The number of benzene rings is 17. The van der Waals surface area contributed by atoms with E-state index in [1.807, 2.05) is 0 Å². The van der Waals surface area contributed by atoms with Crippen molar-refractivity contribution in [1.82, 2.24) is 13.7 Å². The number of hydrogen-bond donors (Lipinski definition) is 0. The molecule has 21 rings (SSSR count). The van der Waals surface area contributed by atoms with Gasteiger partial charge in [-0.1, -0.05) is 322 Å². The van der Waals surface area contributed by atoms with Crippen LogP contribution < -0.4 is 20.7 Å². The van der Waals surface area contributed by atoms with E-state index in [1.54, 1.807) is 0 Å². The molecular weight excluding hydrogens is 1380 g/mol. The van der Waals surface area contributed by atoms with Crippen LogP contribution in [0.4, 0.5) is 28.4 Å². The van der Waals surface area contributed by atoms with E-state index in [-0.39, 0.29) is 18.6 Å². The third-order valence-corrected chi connectivity index (χ3v) is 24.3. The number of fused-ring (bicyclic) bond motifs is 11. The first-order valence-electron chi connectivity index (χ1n) is 40.0. The topological polar surface area (TPSA) is 21.3 Å². The highest BCUT2D eigenvalue weighted by Gasteiger charge is 2.45. The second-order valence-electron chi connectivity index (χ2n) is 30.6. The fourth-order valence-electron chi connectivity index (χ4n) is 19.0. The number of aromatic nitrogens is 3. The highest BCUT2D eigenvalue weighted by molar-refractivity contribution is 6.90. The van der Waals surface area contributed by atoms with Gasteiger partial charge in [-0.25, -0.2) is 0 Å². The summed E-state index contributed by atoms with van der Waals surface area (Å²) >= 11 is 0. The molecule has 4 heterocycles. The molecule has 1 unspecified atom stereocenters. The SMILES string of the molecule is CCN(c1cc(-n2c3ccccc3c3ccccc32)cc2c1B(C(C)[C@@H](C)n1c3ccccc3c3ccccc31)c1ccc(-c3ccc(-n4c5ccccc5c5ccccc54)cc3)cc1N2c1c(-c2ccccc2)cc(-c2ccccc2)cc1-c1ccccc1)c1c(-c2ccccc2)cc(-c2ccccc2)cc1-c1ccccc1. The Morgan fingerprint density at radius 2 is 0.614 bits per heavy atom. The lowest BCUT2D eigenvalue weighted by molar-refractivity contribution is 0.557. The Labute approximate surface area is 665 Å². The molecule has 0 bridgehead atoms. The average Bonchev–Trinajstić information content (AvgIpc) is 0.817. The number of hydrogen-bond acceptors (Lipinski definition) is 2. The van der Waals surface area contributed by atoms with Crippen LogP contribution in [0.15, 0.2) is 406 Å². The smallest absolute Gasteiger partial charge is 0.222 e. The molecule has 0 saturated carbocycles. The maximum atomic E-state index is 2.75. The fraction of sp³-hybridized carbons (Fsp3) is 0.0556. The summed E-state index contributed by atoms with van der Waals surface area (Å²) in [7, 11) is 0. The van der Waals surface area contributed by atoms with Crippen molar-refractivity contribution in [1.29, 1.82) is 0 Å². The molecule has 1 aliphatic rings. The average molecular weight is 1460 g/mol. The first-order valence-corrected chi connectivity index (χ1v) is 40.0. The lowest BCUT2D eigenvalue weighted by atomic mass is 9.31. The van der Waals surface area contributed by atoms with Gasteiger partial charge in [0.05, 0.1) is 39.1 Å². The van der Waals surface area contributed by atoms with Crippen LogP contribution in [0, 0.1) is 0 Å². The van der Waals surface area contributed by atoms with Gasteiger partial charge < -0.3 is 23.5 Å². The number of nitrogens with zero attached hydrogens (tertiary/aromatic N) is 5. The van der Waals surface area contributed by atoms with Crippen LogP contribution in [0.3, 0.4) is 0 Å². The van der Waals surface area contributed by atoms with Gasteiger partial charge in [-0.05, 0) is 177 Å². The molecule has 0 amide bonds. The van der Waals surface area contributed by atoms with Gasteiger partial charge in [-0.3, -0.25) is 0 Å². The van der Waals surface area contributed by atoms with E-state index in [2.05, 4.69) is 451 Å². The van der Waals surface area contributed by atoms with Crippen LogP contribution >= 0.6 is 0 Å². The summed E-state index contributed by atoms with van der Waals surface area (Å²) in [5.74, 6) is -0.0676. The lowest BCUT2D eigenvalue weighted by Crippen LogP contribution is -2.55. The van der Waals surface area contributed by atoms with Gasteiger partial charge in [0.2, 0.25) is 6.71 Å². The number of para-hydroxylation sites is 6. The number of anilines is 5. The van der Waals surface area contributed by atoms with E-state index in [1.165, 1.54) is 65.3 Å². The maximum absolute atomic E-state index is 2.75. The molecule has 6 heteroatoms. The fourth-order valence-corrected chi connectivity index (χ4v) is 19.0. The Morgan fingerprint density at radius 1 is 0.281 bits per heavy atom. The van der Waals surface area contributed by atoms with E-state index >= 15 is 0 Å². The van der Waals surface area contributed by atoms with Gasteiger partial charge in [0.25, 0.3) is 0 Å². The second-order valence-corrected chi connectivity index (χ2v) is 30.6. The minimum Gasteiger partial charge on any atom is -0.341 e. The molecule has 114 heavy (non-hydrogen) atoms. The summed E-state index contributed by atoms with van der Waals surface area (Å²) in [6.07, 6.45) is 0. The molecule has 20 aromatic rings. The Bertz CT molecular complexity index is 6770. The van der Waals surface area contributed by atoms with Crippen molar-refractivity contribution in [3.63, 3.8) is 0 Å². The van der Waals surface area contributed by atoms with Crippen molar-refractivity contribution in [2.24, 2.45) is 0 Å². The van der Waals surface area contributed by atoms with Crippen molar-refractivity contribution in [3.05, 3.63) is 406 Å². The summed E-state index contributed by atoms with van der Waals surface area (Å²) in [5, 5.41) is 7.40. The van der Waals surface area contributed by atoms with Crippen LogP contribution in [0.25, 0.3) is 155 Å². The first kappa shape index (κ1) is 67.9. The summed E-state index contributed by atoms with van der Waals surface area (Å²) in [6.45, 7) is 7.80. The molecule has 0 radical (unpaired) electrons. The van der Waals surface area contributed by atoms with Crippen molar-refractivity contribution >= 4 is 111 Å². The summed E-state index contributed by atoms with van der Waals surface area (Å²) in [5.41, 5.74) is 33.2. The Hall–Kier alpha value is -14.2. The standard InChI is InChI=1S/C108H80BN5/c1-4-110(107-92(77-39-15-7-16-40-77)65-82(74-35-11-5-12-36-74)66-93(107)78-41-17-8-18-42-78)104-70-85(113-101-57-33-27-51-90(101)91-52-28-34-58-102(91)113)71-105-106(104)109(72(2)73(3)111-97-53-29-23-47-86(97)87-48-24-30-54-98(87)111)96-64-61-81(76-59-62-84(63-60-76)112-99-55-31-25-49-88(99)89-50-26-32-56-100(89)112)69-103(96)114(105)108-94(79-43-19-9-20-44-79)67-83(75-37-13-6-14-38-75)68-95(108)80-45-21-10-22-46-80/h5-73H,4H2,1-3H3/t72?,73-/m1/s1. The largest absolute Gasteiger partial charge is 0.341 e. The van der Waals surface area contributed by atoms with Crippen molar-refractivity contribution in [2.45, 2.75) is 32.6 Å². The third-order valence-electron chi connectivity index (χ3n) is 24.3. The molecule has 540 valence electrons.